The zero-order chi connectivity index (χ0) is 18.1. The van der Waals surface area contributed by atoms with Gasteiger partial charge in [-0.1, -0.05) is 27.2 Å². The van der Waals surface area contributed by atoms with Gasteiger partial charge in [0, 0.05) is 45.1 Å². The molecule has 1 aliphatic heterocycles. The molecule has 0 amide bonds. The van der Waals surface area contributed by atoms with Crippen LogP contribution in [0.25, 0.3) is 0 Å². The average Bonchev–Trinajstić information content (AvgIpc) is 3.04. The third kappa shape index (κ3) is 6.69. The smallest absolute Gasteiger partial charge is 0.191 e. The Balaban J connectivity index is 1.75. The van der Waals surface area contributed by atoms with Crippen LogP contribution in [0.5, 0.6) is 0 Å². The monoisotopic (exact) mass is 348 g/mol. The lowest BCUT2D eigenvalue weighted by atomic mass is 10.0. The highest BCUT2D eigenvalue weighted by molar-refractivity contribution is 5.79. The van der Waals surface area contributed by atoms with E-state index in [1.165, 1.54) is 45.3 Å². The number of piperidine rings is 1. The van der Waals surface area contributed by atoms with Gasteiger partial charge in [-0.2, -0.15) is 0 Å². The van der Waals surface area contributed by atoms with Crippen molar-refractivity contribution in [1.82, 2.24) is 25.1 Å². The van der Waals surface area contributed by atoms with Crippen LogP contribution in [0, 0.1) is 5.92 Å². The highest BCUT2D eigenvalue weighted by Gasteiger charge is 2.19. The highest BCUT2D eigenvalue weighted by atomic mass is 15.2. The molecule has 2 N–H and O–H groups in total. The molecule has 6 nitrogen and oxygen atoms in total. The van der Waals surface area contributed by atoms with Crippen molar-refractivity contribution in [1.29, 1.82) is 0 Å². The molecule has 2 heterocycles. The first-order valence-electron chi connectivity index (χ1n) is 9.82. The van der Waals surface area contributed by atoms with Crippen molar-refractivity contribution >= 4 is 5.96 Å². The Morgan fingerprint density at radius 2 is 2.12 bits per heavy atom. The highest BCUT2D eigenvalue weighted by Crippen LogP contribution is 2.11. The van der Waals surface area contributed by atoms with Crippen molar-refractivity contribution in [2.45, 2.75) is 65.6 Å². The molecule has 1 aromatic heterocycles. The molecule has 1 fully saturated rings. The Hall–Kier alpha value is -1.56. The number of nitrogens with zero attached hydrogens (tertiary/aromatic N) is 4. The van der Waals surface area contributed by atoms with Crippen LogP contribution in [-0.4, -0.2) is 53.1 Å². The van der Waals surface area contributed by atoms with Gasteiger partial charge in [-0.15, -0.1) is 0 Å². The molecule has 0 saturated carbocycles. The minimum absolute atomic E-state index is 0.513. The maximum Gasteiger partial charge on any atom is 0.191 e. The number of imidazole rings is 1. The van der Waals surface area contributed by atoms with Gasteiger partial charge in [0.05, 0.1) is 6.54 Å². The molecule has 1 aromatic rings. The summed E-state index contributed by atoms with van der Waals surface area (Å²) in [5, 5.41) is 7.00. The molecular formula is C19H36N6. The number of hydrogen-bond acceptors (Lipinski definition) is 3. The summed E-state index contributed by atoms with van der Waals surface area (Å²) in [7, 11) is 1.84. The summed E-state index contributed by atoms with van der Waals surface area (Å²) in [5.74, 6) is 2.56. The number of rotatable bonds is 8. The molecule has 25 heavy (non-hydrogen) atoms. The predicted octanol–water partition coefficient (Wildman–Crippen LogP) is 2.47. The molecular weight excluding hydrogens is 312 g/mol. The van der Waals surface area contributed by atoms with Crippen molar-refractivity contribution in [3.63, 3.8) is 0 Å². The van der Waals surface area contributed by atoms with E-state index in [4.69, 9.17) is 0 Å². The summed E-state index contributed by atoms with van der Waals surface area (Å²) in [4.78, 5) is 11.4. The Bertz CT molecular complexity index is 514. The number of nitrogens with one attached hydrogen (secondary N) is 2. The van der Waals surface area contributed by atoms with Crippen LogP contribution in [0.4, 0.5) is 0 Å². The second kappa shape index (κ2) is 10.4. The molecule has 0 bridgehead atoms. The van der Waals surface area contributed by atoms with Crippen molar-refractivity contribution < 1.29 is 0 Å². The van der Waals surface area contributed by atoms with Crippen LogP contribution in [0.1, 0.15) is 52.3 Å². The van der Waals surface area contributed by atoms with E-state index in [-0.39, 0.29) is 0 Å². The first-order valence-corrected chi connectivity index (χ1v) is 9.82. The SMILES string of the molecule is CCCCN1CCC(NC(=NC)NCc2nccn2CC(C)C)CC1. The largest absolute Gasteiger partial charge is 0.354 e. The fourth-order valence-corrected chi connectivity index (χ4v) is 3.30. The van der Waals surface area contributed by atoms with E-state index in [9.17, 15) is 0 Å². The van der Waals surface area contributed by atoms with Gasteiger partial charge in [-0.3, -0.25) is 4.99 Å². The number of likely N-dealkylation sites (tertiary alicyclic amines) is 1. The first kappa shape index (κ1) is 19.8. The van der Waals surface area contributed by atoms with Gasteiger partial charge in [0.2, 0.25) is 0 Å². The molecule has 0 unspecified atom stereocenters. The first-order chi connectivity index (χ1) is 12.1. The number of aromatic nitrogens is 2. The van der Waals surface area contributed by atoms with Crippen LogP contribution in [0.3, 0.4) is 0 Å². The van der Waals surface area contributed by atoms with Crippen LogP contribution in [0.15, 0.2) is 17.4 Å². The molecule has 6 heteroatoms. The van der Waals surface area contributed by atoms with Gasteiger partial charge in [-0.05, 0) is 31.7 Å². The molecule has 1 aliphatic rings. The fourth-order valence-electron chi connectivity index (χ4n) is 3.30. The van der Waals surface area contributed by atoms with Crippen molar-refractivity contribution in [2.24, 2.45) is 10.9 Å². The molecule has 2 rings (SSSR count). The fraction of sp³-hybridized carbons (Fsp3) is 0.789. The minimum atomic E-state index is 0.513. The second-order valence-corrected chi connectivity index (χ2v) is 7.43. The number of hydrogen-bond donors (Lipinski definition) is 2. The normalized spacial score (nSPS) is 17.2. The average molecular weight is 349 g/mol. The Kier molecular flexibility index (Phi) is 8.25. The van der Waals surface area contributed by atoms with Crippen molar-refractivity contribution in [3.8, 4) is 0 Å². The van der Waals surface area contributed by atoms with Gasteiger partial charge in [0.25, 0.3) is 0 Å². The zero-order valence-electron chi connectivity index (χ0n) is 16.5. The van der Waals surface area contributed by atoms with Gasteiger partial charge in [-0.25, -0.2) is 4.98 Å². The summed E-state index contributed by atoms with van der Waals surface area (Å²) in [6.45, 7) is 12.0. The van der Waals surface area contributed by atoms with Crippen molar-refractivity contribution in [2.75, 3.05) is 26.7 Å². The molecule has 0 aromatic carbocycles. The summed E-state index contributed by atoms with van der Waals surface area (Å²) < 4.78 is 2.22. The van der Waals surface area contributed by atoms with Crippen LogP contribution in [-0.2, 0) is 13.1 Å². The van der Waals surface area contributed by atoms with E-state index in [0.717, 1.165) is 18.3 Å². The molecule has 0 aliphatic carbocycles. The van der Waals surface area contributed by atoms with Gasteiger partial charge >= 0.3 is 0 Å². The van der Waals surface area contributed by atoms with E-state index in [0.29, 0.717) is 18.5 Å². The maximum atomic E-state index is 4.47. The van der Waals surface area contributed by atoms with Gasteiger partial charge < -0.3 is 20.1 Å². The van der Waals surface area contributed by atoms with Crippen LogP contribution < -0.4 is 10.6 Å². The molecule has 0 radical (unpaired) electrons. The van der Waals surface area contributed by atoms with E-state index in [1.807, 2.05) is 13.2 Å². The van der Waals surface area contributed by atoms with Gasteiger partial charge in [0.15, 0.2) is 5.96 Å². The molecule has 0 spiro atoms. The topological polar surface area (TPSA) is 57.5 Å². The van der Waals surface area contributed by atoms with Crippen molar-refractivity contribution in [3.05, 3.63) is 18.2 Å². The van der Waals surface area contributed by atoms with Crippen LogP contribution >= 0.6 is 0 Å². The Morgan fingerprint density at radius 3 is 2.76 bits per heavy atom. The second-order valence-electron chi connectivity index (χ2n) is 7.43. The van der Waals surface area contributed by atoms with Crippen LogP contribution in [0.2, 0.25) is 0 Å². The van der Waals surface area contributed by atoms with Gasteiger partial charge in [0.1, 0.15) is 5.82 Å². The minimum Gasteiger partial charge on any atom is -0.354 e. The standard InChI is InChI=1S/C19H36N6/c1-5-6-10-24-11-7-17(8-12-24)23-19(20-4)22-14-18-21-9-13-25(18)15-16(2)3/h9,13,16-17H,5-8,10-12,14-15H2,1-4H3,(H2,20,22,23). The third-order valence-electron chi connectivity index (χ3n) is 4.76. The maximum absolute atomic E-state index is 4.47. The number of guanidine groups is 1. The van der Waals surface area contributed by atoms with E-state index in [1.54, 1.807) is 0 Å². The predicted molar refractivity (Wildman–Crippen MR) is 105 cm³/mol. The number of aliphatic imine (C=N–C) groups is 1. The summed E-state index contributed by atoms with van der Waals surface area (Å²) in [6, 6.07) is 0.513. The lowest BCUT2D eigenvalue weighted by Gasteiger charge is -2.33. The molecule has 0 atom stereocenters. The summed E-state index contributed by atoms with van der Waals surface area (Å²) >= 11 is 0. The summed E-state index contributed by atoms with van der Waals surface area (Å²) in [5.41, 5.74) is 0. The Labute approximate surface area is 153 Å². The quantitative estimate of drug-likeness (QED) is 0.560. The molecule has 142 valence electrons. The Morgan fingerprint density at radius 1 is 1.36 bits per heavy atom. The van der Waals surface area contributed by atoms with E-state index in [2.05, 4.69) is 57.0 Å². The lowest BCUT2D eigenvalue weighted by Crippen LogP contribution is -2.48. The molecule has 1 saturated heterocycles. The zero-order valence-corrected chi connectivity index (χ0v) is 16.5. The van der Waals surface area contributed by atoms with E-state index < -0.39 is 0 Å². The third-order valence-corrected chi connectivity index (χ3v) is 4.76. The lowest BCUT2D eigenvalue weighted by molar-refractivity contribution is 0.203. The van der Waals surface area contributed by atoms with E-state index >= 15 is 0 Å². The summed E-state index contributed by atoms with van der Waals surface area (Å²) in [6.07, 6.45) is 8.89. The number of unbranched alkanes of at least 4 members (excludes halogenated alkanes) is 1.